The van der Waals surface area contributed by atoms with Crippen molar-refractivity contribution in [3.8, 4) is 11.5 Å². The number of halogens is 2. The maximum atomic E-state index is 13.7. The first-order valence-corrected chi connectivity index (χ1v) is 7.89. The van der Waals surface area contributed by atoms with E-state index in [1.807, 2.05) is 0 Å². The van der Waals surface area contributed by atoms with Gasteiger partial charge in [0.05, 0.1) is 0 Å². The Morgan fingerprint density at radius 3 is 2.48 bits per heavy atom. The summed E-state index contributed by atoms with van der Waals surface area (Å²) in [5.41, 5.74) is -0.483. The van der Waals surface area contributed by atoms with Crippen LogP contribution in [0.25, 0.3) is 11.5 Å². The molecule has 134 valence electrons. The van der Waals surface area contributed by atoms with E-state index in [9.17, 15) is 18.4 Å². The summed E-state index contributed by atoms with van der Waals surface area (Å²) in [4.78, 5) is 26.1. The molecule has 0 atom stereocenters. The van der Waals surface area contributed by atoms with Crippen LogP contribution in [0.3, 0.4) is 0 Å². The number of nitrogens with one attached hydrogen (secondary N) is 1. The summed E-state index contributed by atoms with van der Waals surface area (Å²) in [7, 11) is 0. The Balaban J connectivity index is 1.82. The van der Waals surface area contributed by atoms with Gasteiger partial charge in [-0.25, -0.2) is 13.8 Å². The van der Waals surface area contributed by atoms with Gasteiger partial charge in [0.25, 0.3) is 5.91 Å². The molecule has 1 heterocycles. The number of hydrogen-bond acceptors (Lipinski definition) is 4. The SMILES string of the molecule is O=C(O)CCCCCCNC(=O)c1coc(-c2c(F)cccc2F)n1. The van der Waals surface area contributed by atoms with Crippen LogP contribution in [-0.4, -0.2) is 28.5 Å². The molecule has 0 aliphatic heterocycles. The van der Waals surface area contributed by atoms with Crippen LogP contribution in [0.4, 0.5) is 8.78 Å². The fraction of sp³-hybridized carbons (Fsp3) is 0.353. The molecule has 2 rings (SSSR count). The van der Waals surface area contributed by atoms with Crippen LogP contribution < -0.4 is 5.32 Å². The number of carboxylic acid groups (broad SMARTS) is 1. The van der Waals surface area contributed by atoms with Crippen molar-refractivity contribution in [2.24, 2.45) is 0 Å². The molecule has 0 aliphatic carbocycles. The first-order valence-electron chi connectivity index (χ1n) is 7.89. The van der Waals surface area contributed by atoms with Crippen LogP contribution >= 0.6 is 0 Å². The highest BCUT2D eigenvalue weighted by Gasteiger charge is 2.19. The van der Waals surface area contributed by atoms with Crippen molar-refractivity contribution in [2.75, 3.05) is 6.54 Å². The van der Waals surface area contributed by atoms with E-state index in [0.717, 1.165) is 31.2 Å². The summed E-state index contributed by atoms with van der Waals surface area (Å²) in [6, 6.07) is 3.38. The predicted octanol–water partition coefficient (Wildman–Crippen LogP) is 3.38. The first-order chi connectivity index (χ1) is 12.0. The molecule has 0 radical (unpaired) electrons. The maximum Gasteiger partial charge on any atom is 0.303 e. The molecule has 0 bridgehead atoms. The number of carboxylic acids is 1. The topological polar surface area (TPSA) is 92.4 Å². The molecule has 1 amide bonds. The van der Waals surface area contributed by atoms with E-state index < -0.39 is 29.1 Å². The second kappa shape index (κ2) is 8.91. The number of amides is 1. The van der Waals surface area contributed by atoms with Crippen molar-refractivity contribution in [1.29, 1.82) is 0 Å². The van der Waals surface area contributed by atoms with Crippen LogP contribution in [0.2, 0.25) is 0 Å². The normalized spacial score (nSPS) is 10.6. The zero-order valence-corrected chi connectivity index (χ0v) is 13.4. The highest BCUT2D eigenvalue weighted by atomic mass is 19.1. The third kappa shape index (κ3) is 5.37. The van der Waals surface area contributed by atoms with Gasteiger partial charge in [-0.3, -0.25) is 9.59 Å². The summed E-state index contributed by atoms with van der Waals surface area (Å²) in [6.45, 7) is 0.391. The van der Waals surface area contributed by atoms with E-state index in [4.69, 9.17) is 9.52 Å². The van der Waals surface area contributed by atoms with Crippen molar-refractivity contribution in [1.82, 2.24) is 10.3 Å². The fourth-order valence-electron chi connectivity index (χ4n) is 2.24. The van der Waals surface area contributed by atoms with Gasteiger partial charge in [0.2, 0.25) is 5.89 Å². The molecular weight excluding hydrogens is 334 g/mol. The Kier molecular flexibility index (Phi) is 6.62. The number of rotatable bonds is 9. The molecule has 2 N–H and O–H groups in total. The summed E-state index contributed by atoms with van der Waals surface area (Å²) in [5.74, 6) is -3.27. The minimum absolute atomic E-state index is 0.0662. The molecule has 1 aromatic carbocycles. The zero-order chi connectivity index (χ0) is 18.2. The second-order valence-corrected chi connectivity index (χ2v) is 5.45. The minimum Gasteiger partial charge on any atom is -0.481 e. The third-order valence-corrected chi connectivity index (χ3v) is 3.52. The van der Waals surface area contributed by atoms with Crippen LogP contribution in [0.15, 0.2) is 28.9 Å². The molecule has 0 fully saturated rings. The van der Waals surface area contributed by atoms with E-state index in [2.05, 4.69) is 10.3 Å². The number of aliphatic carboxylic acids is 1. The Morgan fingerprint density at radius 1 is 1.12 bits per heavy atom. The number of unbranched alkanes of at least 4 members (excludes halogenated alkanes) is 3. The Morgan fingerprint density at radius 2 is 1.80 bits per heavy atom. The smallest absolute Gasteiger partial charge is 0.303 e. The highest BCUT2D eigenvalue weighted by molar-refractivity contribution is 5.92. The molecule has 0 unspecified atom stereocenters. The summed E-state index contributed by atoms with van der Waals surface area (Å²) in [6.07, 6.45) is 4.03. The van der Waals surface area contributed by atoms with Crippen molar-refractivity contribution in [2.45, 2.75) is 32.1 Å². The van der Waals surface area contributed by atoms with Crippen LogP contribution in [0, 0.1) is 11.6 Å². The molecule has 25 heavy (non-hydrogen) atoms. The number of hydrogen-bond donors (Lipinski definition) is 2. The van der Waals surface area contributed by atoms with Crippen LogP contribution in [0.1, 0.15) is 42.6 Å². The number of oxazole rings is 1. The van der Waals surface area contributed by atoms with E-state index in [0.29, 0.717) is 19.4 Å². The second-order valence-electron chi connectivity index (χ2n) is 5.45. The van der Waals surface area contributed by atoms with Crippen LogP contribution in [-0.2, 0) is 4.79 Å². The average molecular weight is 352 g/mol. The maximum absolute atomic E-state index is 13.7. The van der Waals surface area contributed by atoms with Gasteiger partial charge in [0.1, 0.15) is 23.5 Å². The Bertz CT molecular complexity index is 726. The van der Waals surface area contributed by atoms with E-state index in [1.165, 1.54) is 6.07 Å². The number of nitrogens with zero attached hydrogens (tertiary/aromatic N) is 1. The molecule has 8 heteroatoms. The van der Waals surface area contributed by atoms with Gasteiger partial charge < -0.3 is 14.8 Å². The Hall–Kier alpha value is -2.77. The van der Waals surface area contributed by atoms with E-state index in [1.54, 1.807) is 0 Å². The van der Waals surface area contributed by atoms with Gasteiger partial charge in [-0.1, -0.05) is 18.9 Å². The molecule has 0 aliphatic rings. The highest BCUT2D eigenvalue weighted by Crippen LogP contribution is 2.25. The van der Waals surface area contributed by atoms with E-state index in [-0.39, 0.29) is 18.0 Å². The van der Waals surface area contributed by atoms with Crippen molar-refractivity contribution < 1.29 is 27.9 Å². The predicted molar refractivity (Wildman–Crippen MR) is 84.9 cm³/mol. The van der Waals surface area contributed by atoms with Crippen molar-refractivity contribution in [3.63, 3.8) is 0 Å². The lowest BCUT2D eigenvalue weighted by Gasteiger charge is -2.02. The largest absolute Gasteiger partial charge is 0.481 e. The fourth-order valence-corrected chi connectivity index (χ4v) is 2.24. The standard InChI is InChI=1S/C17H18F2N2O4/c18-11-6-5-7-12(19)15(11)17-21-13(10-25-17)16(24)20-9-4-2-1-3-8-14(22)23/h5-7,10H,1-4,8-9H2,(H,20,24)(H,22,23). The molecular formula is C17H18F2N2O4. The molecule has 0 saturated carbocycles. The summed E-state index contributed by atoms with van der Waals surface area (Å²) < 4.78 is 32.3. The van der Waals surface area contributed by atoms with Gasteiger partial charge in [-0.15, -0.1) is 0 Å². The Labute approximate surface area is 142 Å². The lowest BCUT2D eigenvalue weighted by Crippen LogP contribution is -2.24. The van der Waals surface area contributed by atoms with Crippen molar-refractivity contribution >= 4 is 11.9 Å². The average Bonchev–Trinajstić information content (AvgIpc) is 3.03. The molecule has 6 nitrogen and oxygen atoms in total. The van der Waals surface area contributed by atoms with Gasteiger partial charge in [-0.2, -0.15) is 0 Å². The lowest BCUT2D eigenvalue weighted by molar-refractivity contribution is -0.137. The molecule has 2 aromatic rings. The molecule has 0 spiro atoms. The number of carbonyl (C=O) groups is 2. The van der Waals surface area contributed by atoms with Crippen LogP contribution in [0.5, 0.6) is 0 Å². The third-order valence-electron chi connectivity index (χ3n) is 3.52. The van der Waals surface area contributed by atoms with Gasteiger partial charge >= 0.3 is 5.97 Å². The van der Waals surface area contributed by atoms with E-state index >= 15 is 0 Å². The molecule has 0 saturated heterocycles. The summed E-state index contributed by atoms with van der Waals surface area (Å²) >= 11 is 0. The zero-order valence-electron chi connectivity index (χ0n) is 13.4. The minimum atomic E-state index is -0.824. The van der Waals surface area contributed by atoms with Gasteiger partial charge in [0, 0.05) is 13.0 Å². The number of carbonyl (C=O) groups excluding carboxylic acids is 1. The first kappa shape index (κ1) is 18.6. The van der Waals surface area contributed by atoms with Gasteiger partial charge in [-0.05, 0) is 25.0 Å². The summed E-state index contributed by atoms with van der Waals surface area (Å²) in [5, 5.41) is 11.1. The number of benzene rings is 1. The number of aromatic nitrogens is 1. The monoisotopic (exact) mass is 352 g/mol. The molecule has 1 aromatic heterocycles. The van der Waals surface area contributed by atoms with Crippen molar-refractivity contribution in [3.05, 3.63) is 41.8 Å². The lowest BCUT2D eigenvalue weighted by atomic mass is 10.1. The quantitative estimate of drug-likeness (QED) is 0.675. The van der Waals surface area contributed by atoms with Gasteiger partial charge in [0.15, 0.2) is 5.69 Å².